The van der Waals surface area contributed by atoms with Crippen molar-refractivity contribution in [1.29, 1.82) is 0 Å². The zero-order chi connectivity index (χ0) is 29.6. The highest BCUT2D eigenvalue weighted by Crippen LogP contribution is 2.41. The number of carbonyl (C=O) groups excluding carboxylic acids is 2. The van der Waals surface area contributed by atoms with E-state index in [0.29, 0.717) is 48.1 Å². The molecule has 214 valence electrons. The summed E-state index contributed by atoms with van der Waals surface area (Å²) in [7, 11) is 3.81. The SMILES string of the molecule is Cc1cc(OCc2ccccc2)ccc1/C(O)=C1\C(=O)C(=O)N(CCN(C)C)[C@H]1c1cccc(Oc2ccccc2)c1. The maximum atomic E-state index is 13.5. The zero-order valence-electron chi connectivity index (χ0n) is 24.0. The van der Waals surface area contributed by atoms with Gasteiger partial charge in [-0.1, -0.05) is 60.7 Å². The minimum absolute atomic E-state index is 0.0525. The van der Waals surface area contributed by atoms with Gasteiger partial charge < -0.3 is 24.4 Å². The molecule has 1 saturated heterocycles. The zero-order valence-corrected chi connectivity index (χ0v) is 24.0. The van der Waals surface area contributed by atoms with Crippen LogP contribution in [-0.2, 0) is 16.2 Å². The van der Waals surface area contributed by atoms with Gasteiger partial charge in [0.15, 0.2) is 0 Å². The molecule has 4 aromatic rings. The van der Waals surface area contributed by atoms with Crippen LogP contribution < -0.4 is 9.47 Å². The molecule has 7 nitrogen and oxygen atoms in total. The van der Waals surface area contributed by atoms with Crippen LogP contribution in [0.3, 0.4) is 0 Å². The van der Waals surface area contributed by atoms with Crippen molar-refractivity contribution >= 4 is 17.4 Å². The molecular formula is C35H34N2O5. The number of Topliss-reactive ketones (excluding diaryl/α,β-unsaturated/α-hetero) is 1. The van der Waals surface area contributed by atoms with Crippen molar-refractivity contribution < 1.29 is 24.2 Å². The second kappa shape index (κ2) is 12.7. The van der Waals surface area contributed by atoms with Crippen molar-refractivity contribution in [2.45, 2.75) is 19.6 Å². The molecule has 0 bridgehead atoms. The van der Waals surface area contributed by atoms with Crippen LogP contribution in [0.25, 0.3) is 5.76 Å². The summed E-state index contributed by atoms with van der Waals surface area (Å²) in [5, 5.41) is 11.6. The third kappa shape index (κ3) is 6.37. The maximum absolute atomic E-state index is 13.5. The molecular weight excluding hydrogens is 528 g/mol. The average molecular weight is 563 g/mol. The Bertz CT molecular complexity index is 1600. The van der Waals surface area contributed by atoms with E-state index in [1.807, 2.05) is 117 Å². The number of rotatable bonds is 10. The summed E-state index contributed by atoms with van der Waals surface area (Å²) in [6.45, 7) is 3.12. The van der Waals surface area contributed by atoms with Gasteiger partial charge in [-0.3, -0.25) is 9.59 Å². The van der Waals surface area contributed by atoms with E-state index in [4.69, 9.17) is 9.47 Å². The van der Waals surface area contributed by atoms with E-state index in [-0.39, 0.29) is 11.3 Å². The number of amides is 1. The standard InChI is InChI=1S/C35H34N2O5/c1-24-21-28(41-23-25-11-6-4-7-12-25)17-18-30(24)33(38)31-32(37(20-19-36(2)3)35(40)34(31)39)26-13-10-16-29(22-26)42-27-14-8-5-9-15-27/h4-18,21-22,32,38H,19-20,23H2,1-3H3/b33-31+/t32-/m0/s1. The first-order valence-electron chi connectivity index (χ1n) is 13.9. The van der Waals surface area contributed by atoms with Crippen LogP contribution in [0, 0.1) is 6.92 Å². The molecule has 0 radical (unpaired) electrons. The molecule has 1 aliphatic heterocycles. The second-order valence-electron chi connectivity index (χ2n) is 10.5. The number of hydrogen-bond acceptors (Lipinski definition) is 6. The third-order valence-corrected chi connectivity index (χ3v) is 7.18. The van der Waals surface area contributed by atoms with E-state index in [1.165, 1.54) is 4.90 Å². The summed E-state index contributed by atoms with van der Waals surface area (Å²) < 4.78 is 12.0. The Kier molecular flexibility index (Phi) is 8.69. The first-order chi connectivity index (χ1) is 20.3. The van der Waals surface area contributed by atoms with Gasteiger partial charge in [0.1, 0.15) is 29.6 Å². The van der Waals surface area contributed by atoms with Crippen LogP contribution in [0.1, 0.15) is 28.3 Å². The Balaban J connectivity index is 1.51. The van der Waals surface area contributed by atoms with Crippen molar-refractivity contribution in [3.8, 4) is 17.2 Å². The van der Waals surface area contributed by atoms with Crippen molar-refractivity contribution in [3.63, 3.8) is 0 Å². The lowest BCUT2D eigenvalue weighted by atomic mass is 9.93. The average Bonchev–Trinajstić information content (AvgIpc) is 3.25. The molecule has 1 amide bonds. The molecule has 1 aliphatic rings. The molecule has 5 rings (SSSR count). The third-order valence-electron chi connectivity index (χ3n) is 7.18. The topological polar surface area (TPSA) is 79.3 Å². The molecule has 0 spiro atoms. The smallest absolute Gasteiger partial charge is 0.295 e. The number of nitrogens with zero attached hydrogens (tertiary/aromatic N) is 2. The highest BCUT2D eigenvalue weighted by atomic mass is 16.5. The van der Waals surface area contributed by atoms with Crippen LogP contribution in [0.5, 0.6) is 17.2 Å². The van der Waals surface area contributed by atoms with Crippen LogP contribution in [0.15, 0.2) is 109 Å². The molecule has 0 aliphatic carbocycles. The molecule has 1 heterocycles. The van der Waals surface area contributed by atoms with E-state index in [1.54, 1.807) is 12.1 Å². The maximum Gasteiger partial charge on any atom is 0.295 e. The van der Waals surface area contributed by atoms with Crippen LogP contribution in [-0.4, -0.2) is 53.8 Å². The Morgan fingerprint density at radius 1 is 0.833 bits per heavy atom. The number of carbonyl (C=O) groups is 2. The van der Waals surface area contributed by atoms with Gasteiger partial charge >= 0.3 is 0 Å². The van der Waals surface area contributed by atoms with Gasteiger partial charge in [0.25, 0.3) is 11.7 Å². The number of aliphatic hydroxyl groups excluding tert-OH is 1. The van der Waals surface area contributed by atoms with E-state index in [2.05, 4.69) is 0 Å². The summed E-state index contributed by atoms with van der Waals surface area (Å²) in [6, 6.07) is 31.1. The number of hydrogen-bond donors (Lipinski definition) is 1. The van der Waals surface area contributed by atoms with E-state index in [0.717, 1.165) is 11.1 Å². The minimum atomic E-state index is -0.780. The van der Waals surface area contributed by atoms with Gasteiger partial charge in [-0.15, -0.1) is 0 Å². The van der Waals surface area contributed by atoms with Crippen molar-refractivity contribution in [2.75, 3.05) is 27.2 Å². The molecule has 0 saturated carbocycles. The fourth-order valence-corrected chi connectivity index (χ4v) is 5.02. The minimum Gasteiger partial charge on any atom is -0.507 e. The van der Waals surface area contributed by atoms with Gasteiger partial charge in [-0.05, 0) is 80.2 Å². The molecule has 0 unspecified atom stereocenters. The number of aryl methyl sites for hydroxylation is 1. The highest BCUT2D eigenvalue weighted by Gasteiger charge is 2.46. The summed E-state index contributed by atoms with van der Waals surface area (Å²) in [5.74, 6) is 0.302. The molecule has 1 atom stereocenters. The van der Waals surface area contributed by atoms with Crippen LogP contribution >= 0.6 is 0 Å². The first kappa shape index (κ1) is 28.6. The molecule has 0 aromatic heterocycles. The van der Waals surface area contributed by atoms with E-state index < -0.39 is 17.7 Å². The van der Waals surface area contributed by atoms with Gasteiger partial charge in [-0.25, -0.2) is 0 Å². The van der Waals surface area contributed by atoms with Crippen molar-refractivity contribution in [2.24, 2.45) is 0 Å². The lowest BCUT2D eigenvalue weighted by molar-refractivity contribution is -0.140. The van der Waals surface area contributed by atoms with Gasteiger partial charge in [0.05, 0.1) is 11.6 Å². The van der Waals surface area contributed by atoms with Gasteiger partial charge in [-0.2, -0.15) is 0 Å². The van der Waals surface area contributed by atoms with E-state index in [9.17, 15) is 14.7 Å². The number of likely N-dealkylation sites (N-methyl/N-ethyl adjacent to an activating group) is 1. The monoisotopic (exact) mass is 562 g/mol. The Morgan fingerprint density at radius 3 is 2.21 bits per heavy atom. The summed E-state index contributed by atoms with van der Waals surface area (Å²) >= 11 is 0. The van der Waals surface area contributed by atoms with Crippen LogP contribution in [0.2, 0.25) is 0 Å². The fourth-order valence-electron chi connectivity index (χ4n) is 5.02. The molecule has 42 heavy (non-hydrogen) atoms. The van der Waals surface area contributed by atoms with Crippen LogP contribution in [0.4, 0.5) is 0 Å². The Labute approximate surface area is 246 Å². The second-order valence-corrected chi connectivity index (χ2v) is 10.5. The van der Waals surface area contributed by atoms with Gasteiger partial charge in [0, 0.05) is 18.7 Å². The van der Waals surface area contributed by atoms with Crippen molar-refractivity contribution in [1.82, 2.24) is 9.80 Å². The lowest BCUT2D eigenvalue weighted by Gasteiger charge is -2.27. The first-order valence-corrected chi connectivity index (χ1v) is 13.9. The summed E-state index contributed by atoms with van der Waals surface area (Å²) in [4.78, 5) is 30.3. The lowest BCUT2D eigenvalue weighted by Crippen LogP contribution is -2.35. The molecule has 1 N–H and O–H groups in total. The molecule has 1 fully saturated rings. The normalized spacial score (nSPS) is 16.2. The Morgan fingerprint density at radius 2 is 1.52 bits per heavy atom. The fraction of sp³-hybridized carbons (Fsp3) is 0.200. The Hall–Kier alpha value is -4.88. The molecule has 4 aromatic carbocycles. The number of aliphatic hydroxyl groups is 1. The highest BCUT2D eigenvalue weighted by molar-refractivity contribution is 6.46. The van der Waals surface area contributed by atoms with Gasteiger partial charge in [0.2, 0.25) is 0 Å². The van der Waals surface area contributed by atoms with E-state index >= 15 is 0 Å². The predicted molar refractivity (Wildman–Crippen MR) is 162 cm³/mol. The predicted octanol–water partition coefficient (Wildman–Crippen LogP) is 6.35. The molecule has 7 heteroatoms. The van der Waals surface area contributed by atoms with Crippen molar-refractivity contribution in [3.05, 3.63) is 131 Å². The number of ketones is 1. The number of para-hydroxylation sites is 1. The summed E-state index contributed by atoms with van der Waals surface area (Å²) in [5.41, 5.74) is 2.95. The largest absolute Gasteiger partial charge is 0.507 e. The number of benzene rings is 4. The quantitative estimate of drug-likeness (QED) is 0.138. The number of ether oxygens (including phenoxy) is 2. The number of likely N-dealkylation sites (tertiary alicyclic amines) is 1. The summed E-state index contributed by atoms with van der Waals surface area (Å²) in [6.07, 6.45) is 0.